The number of anilines is 1. The van der Waals surface area contributed by atoms with Crippen LogP contribution in [-0.2, 0) is 6.42 Å². The number of para-hydroxylation sites is 1. The first-order chi connectivity index (χ1) is 9.42. The molecule has 4 rings (SSSR count). The van der Waals surface area contributed by atoms with Gasteiger partial charge in [0.15, 0.2) is 0 Å². The summed E-state index contributed by atoms with van der Waals surface area (Å²) >= 11 is 0. The standard InChI is InChI=1S/C18H19N/c1-2-6-16-13(5-1)11-15(16)12-14-9-10-19-18-8-4-3-7-17(14)18/h1-8,14-15,19H,9-12H2. The molecule has 2 unspecified atom stereocenters. The molecule has 0 amide bonds. The number of fused-ring (bicyclic) bond motifs is 2. The van der Waals surface area contributed by atoms with Crippen LogP contribution < -0.4 is 5.32 Å². The summed E-state index contributed by atoms with van der Waals surface area (Å²) in [5, 5.41) is 3.52. The molecule has 0 fully saturated rings. The zero-order valence-electron chi connectivity index (χ0n) is 11.1. The molecule has 0 saturated heterocycles. The summed E-state index contributed by atoms with van der Waals surface area (Å²) in [6.45, 7) is 1.12. The smallest absolute Gasteiger partial charge is 0.0375 e. The minimum Gasteiger partial charge on any atom is -0.385 e. The summed E-state index contributed by atoms with van der Waals surface area (Å²) in [6.07, 6.45) is 3.87. The third-order valence-corrected chi connectivity index (χ3v) is 4.74. The van der Waals surface area contributed by atoms with Crippen LogP contribution in [0.3, 0.4) is 0 Å². The van der Waals surface area contributed by atoms with Crippen molar-refractivity contribution in [1.82, 2.24) is 0 Å². The van der Waals surface area contributed by atoms with Gasteiger partial charge in [-0.1, -0.05) is 42.5 Å². The van der Waals surface area contributed by atoms with Crippen molar-refractivity contribution in [2.45, 2.75) is 31.1 Å². The molecule has 0 bridgehead atoms. The highest BCUT2D eigenvalue weighted by Crippen LogP contribution is 2.44. The second-order valence-electron chi connectivity index (χ2n) is 5.84. The molecule has 2 aromatic rings. The van der Waals surface area contributed by atoms with Crippen LogP contribution in [0.25, 0.3) is 0 Å². The fourth-order valence-corrected chi connectivity index (χ4v) is 3.71. The minimum atomic E-state index is 0.732. The Labute approximate surface area is 114 Å². The van der Waals surface area contributed by atoms with Crippen LogP contribution in [-0.4, -0.2) is 6.54 Å². The topological polar surface area (TPSA) is 12.0 Å². The van der Waals surface area contributed by atoms with Crippen molar-refractivity contribution in [2.75, 3.05) is 11.9 Å². The second-order valence-corrected chi connectivity index (χ2v) is 5.84. The van der Waals surface area contributed by atoms with Gasteiger partial charge in [0.25, 0.3) is 0 Å². The molecule has 1 N–H and O–H groups in total. The Kier molecular flexibility index (Phi) is 2.58. The van der Waals surface area contributed by atoms with E-state index in [1.54, 1.807) is 11.1 Å². The first-order valence-corrected chi connectivity index (χ1v) is 7.32. The van der Waals surface area contributed by atoms with Gasteiger partial charge in [0.1, 0.15) is 0 Å². The zero-order valence-corrected chi connectivity index (χ0v) is 11.1. The predicted molar refractivity (Wildman–Crippen MR) is 79.8 cm³/mol. The van der Waals surface area contributed by atoms with Crippen LogP contribution in [0.4, 0.5) is 5.69 Å². The van der Waals surface area contributed by atoms with Gasteiger partial charge in [-0.3, -0.25) is 0 Å². The summed E-state index contributed by atoms with van der Waals surface area (Å²) in [6, 6.07) is 17.8. The molecular formula is C18H19N. The van der Waals surface area contributed by atoms with Gasteiger partial charge in [0.2, 0.25) is 0 Å². The lowest BCUT2D eigenvalue weighted by atomic mass is 9.71. The largest absolute Gasteiger partial charge is 0.385 e. The Bertz CT molecular complexity index is 602. The summed E-state index contributed by atoms with van der Waals surface area (Å²) in [7, 11) is 0. The van der Waals surface area contributed by atoms with Crippen LogP contribution in [0, 0.1) is 0 Å². The molecule has 19 heavy (non-hydrogen) atoms. The first-order valence-electron chi connectivity index (χ1n) is 7.32. The summed E-state index contributed by atoms with van der Waals surface area (Å²) in [5.41, 5.74) is 6.04. The van der Waals surface area contributed by atoms with Crippen molar-refractivity contribution < 1.29 is 0 Å². The molecule has 2 aliphatic rings. The molecule has 0 radical (unpaired) electrons. The van der Waals surface area contributed by atoms with Gasteiger partial charge in [0, 0.05) is 12.2 Å². The van der Waals surface area contributed by atoms with Crippen molar-refractivity contribution >= 4 is 5.69 Å². The molecule has 0 spiro atoms. The first kappa shape index (κ1) is 11.1. The van der Waals surface area contributed by atoms with E-state index < -0.39 is 0 Å². The molecule has 0 saturated carbocycles. The number of hydrogen-bond acceptors (Lipinski definition) is 1. The summed E-state index contributed by atoms with van der Waals surface area (Å²) < 4.78 is 0. The quantitative estimate of drug-likeness (QED) is 0.836. The maximum Gasteiger partial charge on any atom is 0.0375 e. The molecule has 1 heterocycles. The SMILES string of the molecule is c1ccc2c(c1)CC2CC1CCNc2ccccc21. The Balaban J connectivity index is 1.57. The molecule has 1 heteroatoms. The lowest BCUT2D eigenvalue weighted by Gasteiger charge is -2.35. The Morgan fingerprint density at radius 1 is 0.895 bits per heavy atom. The van der Waals surface area contributed by atoms with Gasteiger partial charge in [-0.25, -0.2) is 0 Å². The van der Waals surface area contributed by atoms with Crippen LogP contribution in [0.5, 0.6) is 0 Å². The second kappa shape index (κ2) is 4.41. The van der Waals surface area contributed by atoms with Crippen molar-refractivity contribution in [3.05, 3.63) is 65.2 Å². The summed E-state index contributed by atoms with van der Waals surface area (Å²) in [5.74, 6) is 1.52. The highest BCUT2D eigenvalue weighted by Gasteiger charge is 2.30. The van der Waals surface area contributed by atoms with Crippen molar-refractivity contribution in [3.63, 3.8) is 0 Å². The van der Waals surface area contributed by atoms with Crippen molar-refractivity contribution in [1.29, 1.82) is 0 Å². The van der Waals surface area contributed by atoms with E-state index in [4.69, 9.17) is 0 Å². The van der Waals surface area contributed by atoms with E-state index in [9.17, 15) is 0 Å². The molecule has 1 aliphatic heterocycles. The van der Waals surface area contributed by atoms with Gasteiger partial charge >= 0.3 is 0 Å². The van der Waals surface area contributed by atoms with Gasteiger partial charge < -0.3 is 5.32 Å². The predicted octanol–water partition coefficient (Wildman–Crippen LogP) is 4.32. The molecule has 1 nitrogen and oxygen atoms in total. The van der Waals surface area contributed by atoms with Gasteiger partial charge in [-0.05, 0) is 53.9 Å². The van der Waals surface area contributed by atoms with Crippen LogP contribution in [0.2, 0.25) is 0 Å². The van der Waals surface area contributed by atoms with Crippen LogP contribution in [0.15, 0.2) is 48.5 Å². The monoisotopic (exact) mass is 249 g/mol. The van der Waals surface area contributed by atoms with E-state index in [1.165, 1.54) is 30.5 Å². The number of benzene rings is 2. The highest BCUT2D eigenvalue weighted by atomic mass is 14.9. The number of nitrogens with one attached hydrogen (secondary N) is 1. The average Bonchev–Trinajstić information content (AvgIpc) is 2.45. The van der Waals surface area contributed by atoms with E-state index in [2.05, 4.69) is 53.8 Å². The van der Waals surface area contributed by atoms with Gasteiger partial charge in [0.05, 0.1) is 0 Å². The Morgan fingerprint density at radius 3 is 2.58 bits per heavy atom. The maximum atomic E-state index is 3.52. The van der Waals surface area contributed by atoms with Crippen LogP contribution >= 0.6 is 0 Å². The molecular weight excluding hydrogens is 230 g/mol. The van der Waals surface area contributed by atoms with Crippen molar-refractivity contribution in [2.24, 2.45) is 0 Å². The van der Waals surface area contributed by atoms with E-state index in [0.717, 1.165) is 18.4 Å². The molecule has 2 aromatic carbocycles. The maximum absolute atomic E-state index is 3.52. The van der Waals surface area contributed by atoms with E-state index >= 15 is 0 Å². The van der Waals surface area contributed by atoms with Crippen molar-refractivity contribution in [3.8, 4) is 0 Å². The lowest BCUT2D eigenvalue weighted by Crippen LogP contribution is -2.23. The van der Waals surface area contributed by atoms with Gasteiger partial charge in [-0.15, -0.1) is 0 Å². The molecule has 96 valence electrons. The van der Waals surface area contributed by atoms with E-state index in [1.807, 2.05) is 0 Å². The number of hydrogen-bond donors (Lipinski definition) is 1. The van der Waals surface area contributed by atoms with Gasteiger partial charge in [-0.2, -0.15) is 0 Å². The fourth-order valence-electron chi connectivity index (χ4n) is 3.71. The Morgan fingerprint density at radius 2 is 1.68 bits per heavy atom. The third kappa shape index (κ3) is 1.85. The normalized spacial score (nSPS) is 23.8. The lowest BCUT2D eigenvalue weighted by molar-refractivity contribution is 0.471. The zero-order chi connectivity index (χ0) is 12.7. The molecule has 1 aliphatic carbocycles. The average molecular weight is 249 g/mol. The van der Waals surface area contributed by atoms with E-state index in [-0.39, 0.29) is 0 Å². The molecule has 0 aromatic heterocycles. The minimum absolute atomic E-state index is 0.732. The Hall–Kier alpha value is -1.76. The van der Waals surface area contributed by atoms with E-state index in [0.29, 0.717) is 0 Å². The highest BCUT2D eigenvalue weighted by molar-refractivity contribution is 5.55. The third-order valence-electron chi connectivity index (χ3n) is 4.74. The number of rotatable bonds is 2. The van der Waals surface area contributed by atoms with Crippen LogP contribution in [0.1, 0.15) is 41.4 Å². The fraction of sp³-hybridized carbons (Fsp3) is 0.333. The summed E-state index contributed by atoms with van der Waals surface area (Å²) in [4.78, 5) is 0. The molecule has 2 atom stereocenters.